The number of nitrogens with zero attached hydrogens (tertiary/aromatic N) is 3. The van der Waals surface area contributed by atoms with Gasteiger partial charge in [0.25, 0.3) is 0 Å². The smallest absolute Gasteiger partial charge is 0.237 e. The van der Waals surface area contributed by atoms with Crippen molar-refractivity contribution in [2.24, 2.45) is 5.92 Å². The minimum atomic E-state index is -0.144. The molecular weight excluding hydrogens is 292 g/mol. The molecule has 4 heterocycles. The molecule has 0 radical (unpaired) electrons. The first-order valence-electron chi connectivity index (χ1n) is 8.48. The zero-order valence-electron chi connectivity index (χ0n) is 13.4. The number of aromatic nitrogens is 1. The summed E-state index contributed by atoms with van der Waals surface area (Å²) in [7, 11) is 0. The maximum Gasteiger partial charge on any atom is 0.237 e. The molecule has 122 valence electrons. The second-order valence-electron chi connectivity index (χ2n) is 6.78. The van der Waals surface area contributed by atoms with Crippen molar-refractivity contribution in [2.75, 3.05) is 22.9 Å². The number of rotatable bonds is 2. The molecule has 0 spiro atoms. The molecule has 3 atom stereocenters. The molecule has 3 saturated heterocycles. The molecule has 0 bridgehead atoms. The topological polar surface area (TPSA) is 65.5 Å². The molecule has 3 fully saturated rings. The van der Waals surface area contributed by atoms with Gasteiger partial charge < -0.3 is 10.2 Å². The Balaban J connectivity index is 1.56. The second-order valence-corrected chi connectivity index (χ2v) is 6.78. The summed E-state index contributed by atoms with van der Waals surface area (Å²) in [6, 6.07) is 4.92. The number of carbonyl (C=O) groups excluding carboxylic acids is 2. The third-order valence-corrected chi connectivity index (χ3v) is 5.37. The van der Waals surface area contributed by atoms with Gasteiger partial charge in [-0.15, -0.1) is 0 Å². The van der Waals surface area contributed by atoms with Crippen molar-refractivity contribution in [1.29, 1.82) is 0 Å². The van der Waals surface area contributed by atoms with Gasteiger partial charge in [-0.1, -0.05) is 6.92 Å². The molecular formula is C17H22N4O2. The predicted molar refractivity (Wildman–Crippen MR) is 87.3 cm³/mol. The van der Waals surface area contributed by atoms with Crippen LogP contribution in [0.4, 0.5) is 11.5 Å². The molecule has 0 aromatic carbocycles. The summed E-state index contributed by atoms with van der Waals surface area (Å²) in [6.07, 6.45) is 5.17. The van der Waals surface area contributed by atoms with Crippen molar-refractivity contribution >= 4 is 23.3 Å². The quantitative estimate of drug-likeness (QED) is 0.834. The molecule has 2 amide bonds. The average molecular weight is 314 g/mol. The Hall–Kier alpha value is -1.95. The average Bonchev–Trinajstić information content (AvgIpc) is 3.15. The lowest BCUT2D eigenvalue weighted by Gasteiger charge is -2.29. The van der Waals surface area contributed by atoms with Gasteiger partial charge in [-0.2, -0.15) is 0 Å². The highest BCUT2D eigenvalue weighted by Gasteiger charge is 2.38. The summed E-state index contributed by atoms with van der Waals surface area (Å²) in [5.74, 6) is 0.0611. The van der Waals surface area contributed by atoms with E-state index in [4.69, 9.17) is 0 Å². The fourth-order valence-corrected chi connectivity index (χ4v) is 4.03. The maximum absolute atomic E-state index is 12.3. The van der Waals surface area contributed by atoms with Gasteiger partial charge >= 0.3 is 0 Å². The normalized spacial score (nSPS) is 30.9. The maximum atomic E-state index is 12.3. The van der Waals surface area contributed by atoms with Gasteiger partial charge in [0.1, 0.15) is 5.82 Å². The zero-order chi connectivity index (χ0) is 16.0. The van der Waals surface area contributed by atoms with Gasteiger partial charge in [-0.05, 0) is 37.9 Å². The molecule has 3 aliphatic heterocycles. The van der Waals surface area contributed by atoms with Crippen LogP contribution < -0.4 is 15.1 Å². The van der Waals surface area contributed by atoms with Crippen molar-refractivity contribution in [3.63, 3.8) is 0 Å². The van der Waals surface area contributed by atoms with Crippen LogP contribution in [-0.2, 0) is 9.59 Å². The largest absolute Gasteiger partial charge is 0.366 e. The van der Waals surface area contributed by atoms with Crippen molar-refractivity contribution in [3.8, 4) is 0 Å². The number of amides is 2. The summed E-state index contributed by atoms with van der Waals surface area (Å²) < 4.78 is 0. The molecule has 1 aromatic heterocycles. The van der Waals surface area contributed by atoms with Crippen LogP contribution in [0.2, 0.25) is 0 Å². The predicted octanol–water partition coefficient (Wildman–Crippen LogP) is 1.31. The molecule has 1 N–H and O–H groups in total. The van der Waals surface area contributed by atoms with E-state index in [1.54, 1.807) is 12.3 Å². The summed E-state index contributed by atoms with van der Waals surface area (Å²) in [5.41, 5.74) is 1.08. The summed E-state index contributed by atoms with van der Waals surface area (Å²) in [5, 5.41) is 3.54. The van der Waals surface area contributed by atoms with E-state index in [0.29, 0.717) is 30.7 Å². The molecule has 23 heavy (non-hydrogen) atoms. The molecule has 3 aliphatic rings. The lowest BCUT2D eigenvalue weighted by molar-refractivity contribution is -0.131. The zero-order valence-corrected chi connectivity index (χ0v) is 13.4. The van der Waals surface area contributed by atoms with Gasteiger partial charge in [0.05, 0.1) is 11.9 Å². The molecule has 6 nitrogen and oxygen atoms in total. The van der Waals surface area contributed by atoms with Crippen LogP contribution in [0.25, 0.3) is 0 Å². The van der Waals surface area contributed by atoms with Gasteiger partial charge in [-0.25, -0.2) is 9.88 Å². The molecule has 1 aromatic rings. The Labute approximate surface area is 135 Å². The lowest BCUT2D eigenvalue weighted by Crippen LogP contribution is -2.44. The number of piperidine rings is 1. The van der Waals surface area contributed by atoms with E-state index in [9.17, 15) is 9.59 Å². The molecule has 6 heteroatoms. The molecule has 3 unspecified atom stereocenters. The summed E-state index contributed by atoms with van der Waals surface area (Å²) in [6.45, 7) is 3.97. The summed E-state index contributed by atoms with van der Waals surface area (Å²) >= 11 is 0. The third kappa shape index (κ3) is 2.41. The number of anilines is 2. The van der Waals surface area contributed by atoms with Crippen LogP contribution in [0.15, 0.2) is 18.3 Å². The van der Waals surface area contributed by atoms with Crippen molar-refractivity contribution < 1.29 is 9.59 Å². The van der Waals surface area contributed by atoms with Crippen molar-refractivity contribution in [3.05, 3.63) is 18.3 Å². The van der Waals surface area contributed by atoms with E-state index in [2.05, 4.69) is 15.2 Å². The Morgan fingerprint density at radius 2 is 2.09 bits per heavy atom. The fraction of sp³-hybridized carbons (Fsp3) is 0.588. The molecule has 0 aliphatic carbocycles. The van der Waals surface area contributed by atoms with E-state index >= 15 is 0 Å². The van der Waals surface area contributed by atoms with Crippen molar-refractivity contribution in [1.82, 2.24) is 10.3 Å². The summed E-state index contributed by atoms with van der Waals surface area (Å²) in [4.78, 5) is 32.4. The minimum absolute atomic E-state index is 0.113. The van der Waals surface area contributed by atoms with E-state index in [0.717, 1.165) is 31.6 Å². The Morgan fingerprint density at radius 1 is 1.22 bits per heavy atom. The Kier molecular flexibility index (Phi) is 3.56. The van der Waals surface area contributed by atoms with Crippen LogP contribution in [0.3, 0.4) is 0 Å². The second kappa shape index (κ2) is 5.60. The monoisotopic (exact) mass is 314 g/mol. The minimum Gasteiger partial charge on any atom is -0.366 e. The number of nitrogens with one attached hydrogen (secondary N) is 1. The van der Waals surface area contributed by atoms with Crippen molar-refractivity contribution in [2.45, 2.75) is 44.7 Å². The Bertz CT molecular complexity index is 630. The molecule has 4 rings (SSSR count). The SMILES string of the molecule is CC1CCC(=O)N(c2ccc(N3CCC4NCCC43)cn2)C1=O. The highest BCUT2D eigenvalue weighted by Crippen LogP contribution is 2.31. The number of carbonyl (C=O) groups is 2. The van der Waals surface area contributed by atoms with Gasteiger partial charge in [0, 0.05) is 31.0 Å². The highest BCUT2D eigenvalue weighted by molar-refractivity contribution is 6.16. The highest BCUT2D eigenvalue weighted by atomic mass is 16.2. The number of hydrogen-bond acceptors (Lipinski definition) is 5. The van der Waals surface area contributed by atoms with Gasteiger partial charge in [0.15, 0.2) is 0 Å². The number of fused-ring (bicyclic) bond motifs is 1. The number of hydrogen-bond donors (Lipinski definition) is 1. The van der Waals surface area contributed by atoms with Crippen LogP contribution in [0, 0.1) is 5.92 Å². The van der Waals surface area contributed by atoms with Gasteiger partial charge in [-0.3, -0.25) is 9.59 Å². The van der Waals surface area contributed by atoms with E-state index in [-0.39, 0.29) is 17.7 Å². The van der Waals surface area contributed by atoms with Crippen LogP contribution in [0.1, 0.15) is 32.6 Å². The third-order valence-electron chi connectivity index (χ3n) is 5.37. The Morgan fingerprint density at radius 3 is 2.87 bits per heavy atom. The van der Waals surface area contributed by atoms with Crippen LogP contribution >= 0.6 is 0 Å². The molecule has 0 saturated carbocycles. The number of imide groups is 1. The van der Waals surface area contributed by atoms with Gasteiger partial charge in [0.2, 0.25) is 11.8 Å². The first-order chi connectivity index (χ1) is 11.1. The standard InChI is InChI=1S/C17H22N4O2/c1-11-2-5-16(22)21(17(11)23)15-4-3-12(10-19-15)20-9-7-13-14(20)6-8-18-13/h3-4,10-11,13-14,18H,2,5-9H2,1H3. The lowest BCUT2D eigenvalue weighted by atomic mass is 9.98. The fourth-order valence-electron chi connectivity index (χ4n) is 4.03. The van der Waals surface area contributed by atoms with Crippen LogP contribution in [0.5, 0.6) is 0 Å². The van der Waals surface area contributed by atoms with E-state index in [1.165, 1.54) is 4.90 Å². The van der Waals surface area contributed by atoms with E-state index < -0.39 is 0 Å². The van der Waals surface area contributed by atoms with E-state index in [1.807, 2.05) is 13.0 Å². The first kappa shape index (κ1) is 14.6. The number of pyridine rings is 1. The van der Waals surface area contributed by atoms with Crippen LogP contribution in [-0.4, -0.2) is 42.0 Å². The first-order valence-corrected chi connectivity index (χ1v) is 8.48.